The molecule has 3 aromatic rings. The van der Waals surface area contributed by atoms with Crippen molar-refractivity contribution in [2.75, 3.05) is 56.6 Å². The number of anilines is 2. The maximum Gasteiger partial charge on any atom is 0.243 e. The van der Waals surface area contributed by atoms with Crippen LogP contribution in [-0.4, -0.2) is 60.1 Å². The Hall–Kier alpha value is -3.01. The van der Waals surface area contributed by atoms with E-state index in [1.807, 2.05) is 43.3 Å². The molecule has 0 bridgehead atoms. The molecule has 1 saturated heterocycles. The lowest BCUT2D eigenvalue weighted by atomic mass is 10.0. The van der Waals surface area contributed by atoms with Crippen molar-refractivity contribution in [3.05, 3.63) is 90.0 Å². The zero-order chi connectivity index (χ0) is 25.0. The van der Waals surface area contributed by atoms with Gasteiger partial charge in [0.05, 0.1) is 0 Å². The number of rotatable bonds is 8. The minimum absolute atomic E-state index is 0.106. The van der Waals surface area contributed by atoms with Crippen LogP contribution in [-0.2, 0) is 10.0 Å². The molecule has 0 amide bonds. The van der Waals surface area contributed by atoms with Crippen molar-refractivity contribution in [1.82, 2.24) is 9.62 Å². The molecule has 186 valence electrons. The van der Waals surface area contributed by atoms with Gasteiger partial charge in [0, 0.05) is 64.2 Å². The van der Waals surface area contributed by atoms with Gasteiger partial charge in [-0.1, -0.05) is 24.3 Å². The summed E-state index contributed by atoms with van der Waals surface area (Å²) in [5, 5.41) is 0. The van der Waals surface area contributed by atoms with E-state index in [9.17, 15) is 17.2 Å². The van der Waals surface area contributed by atoms with Gasteiger partial charge in [0.2, 0.25) is 10.0 Å². The van der Waals surface area contributed by atoms with Crippen molar-refractivity contribution >= 4 is 21.4 Å². The molecule has 1 aliphatic heterocycles. The average Bonchev–Trinajstić information content (AvgIpc) is 2.85. The van der Waals surface area contributed by atoms with E-state index in [1.54, 1.807) is 12.1 Å². The molecule has 9 heteroatoms. The van der Waals surface area contributed by atoms with Crippen molar-refractivity contribution < 1.29 is 17.2 Å². The summed E-state index contributed by atoms with van der Waals surface area (Å²) in [5.41, 5.74) is 2.97. The van der Waals surface area contributed by atoms with Crippen LogP contribution in [0.1, 0.15) is 11.6 Å². The van der Waals surface area contributed by atoms with E-state index in [4.69, 9.17) is 0 Å². The Balaban J connectivity index is 1.53. The fourth-order valence-electron chi connectivity index (χ4n) is 4.33. The monoisotopic (exact) mass is 500 g/mol. The van der Waals surface area contributed by atoms with Gasteiger partial charge in [-0.3, -0.25) is 4.90 Å². The van der Waals surface area contributed by atoms with Crippen LogP contribution in [0.4, 0.5) is 20.2 Å². The lowest BCUT2D eigenvalue weighted by Crippen LogP contribution is -2.50. The number of sulfonamides is 1. The lowest BCUT2D eigenvalue weighted by molar-refractivity contribution is 0.187. The van der Waals surface area contributed by atoms with E-state index in [0.717, 1.165) is 36.1 Å². The first-order chi connectivity index (χ1) is 16.7. The van der Waals surface area contributed by atoms with Crippen molar-refractivity contribution in [2.45, 2.75) is 10.9 Å². The molecule has 0 radical (unpaired) electrons. The molecule has 0 spiro atoms. The highest BCUT2D eigenvalue weighted by Crippen LogP contribution is 2.26. The van der Waals surface area contributed by atoms with Crippen LogP contribution in [0.5, 0.6) is 0 Å². The average molecular weight is 501 g/mol. The molecule has 1 fully saturated rings. The van der Waals surface area contributed by atoms with E-state index < -0.39 is 15.8 Å². The molecule has 0 saturated carbocycles. The Morgan fingerprint density at radius 1 is 0.886 bits per heavy atom. The number of halogens is 2. The number of piperazine rings is 1. The smallest absolute Gasteiger partial charge is 0.243 e. The van der Waals surface area contributed by atoms with E-state index in [0.29, 0.717) is 13.1 Å². The predicted octanol–water partition coefficient (Wildman–Crippen LogP) is 3.87. The molecule has 4 rings (SSSR count). The van der Waals surface area contributed by atoms with Crippen LogP contribution in [0, 0.1) is 11.6 Å². The first-order valence-corrected chi connectivity index (χ1v) is 13.0. The maximum absolute atomic E-state index is 14.2. The summed E-state index contributed by atoms with van der Waals surface area (Å²) in [6, 6.07) is 19.6. The number of nitrogens with one attached hydrogen (secondary N) is 1. The minimum atomic E-state index is -4.02. The molecule has 1 heterocycles. The third-order valence-electron chi connectivity index (χ3n) is 6.33. The van der Waals surface area contributed by atoms with Crippen LogP contribution >= 0.6 is 0 Å². The second-order valence-corrected chi connectivity index (χ2v) is 10.5. The number of nitrogens with zero attached hydrogens (tertiary/aromatic N) is 3. The minimum Gasteiger partial charge on any atom is -0.378 e. The Morgan fingerprint density at radius 2 is 1.51 bits per heavy atom. The fraction of sp³-hybridized carbons (Fsp3) is 0.308. The lowest BCUT2D eigenvalue weighted by Gasteiger charge is -2.40. The second kappa shape index (κ2) is 10.7. The summed E-state index contributed by atoms with van der Waals surface area (Å²) in [6.07, 6.45) is 0. The van der Waals surface area contributed by atoms with Gasteiger partial charge in [0.1, 0.15) is 16.5 Å². The number of hydrogen-bond donors (Lipinski definition) is 1. The van der Waals surface area contributed by atoms with Gasteiger partial charge in [0.25, 0.3) is 0 Å². The van der Waals surface area contributed by atoms with Crippen LogP contribution in [0.25, 0.3) is 0 Å². The summed E-state index contributed by atoms with van der Waals surface area (Å²) in [6.45, 7) is 2.93. The zero-order valence-corrected chi connectivity index (χ0v) is 20.7. The molecule has 3 aromatic carbocycles. The molecule has 0 aliphatic carbocycles. The molecule has 1 aliphatic rings. The largest absolute Gasteiger partial charge is 0.378 e. The Labute approximate surface area is 205 Å². The van der Waals surface area contributed by atoms with E-state index in [-0.39, 0.29) is 23.3 Å². The fourth-order valence-corrected chi connectivity index (χ4v) is 5.44. The SMILES string of the molecule is CN(C)c1ccc(C(CNS(=O)(=O)c2ccccc2F)N2CCN(c3ccc(F)cc3)CC2)cc1. The van der Waals surface area contributed by atoms with Gasteiger partial charge in [-0.25, -0.2) is 21.9 Å². The topological polar surface area (TPSA) is 55.9 Å². The summed E-state index contributed by atoms with van der Waals surface area (Å²) in [5.74, 6) is -1.05. The van der Waals surface area contributed by atoms with Crippen LogP contribution < -0.4 is 14.5 Å². The number of benzene rings is 3. The van der Waals surface area contributed by atoms with E-state index >= 15 is 0 Å². The highest BCUT2D eigenvalue weighted by Gasteiger charge is 2.28. The summed E-state index contributed by atoms with van der Waals surface area (Å²) < 4.78 is 55.8. The molecule has 35 heavy (non-hydrogen) atoms. The van der Waals surface area contributed by atoms with Gasteiger partial charge >= 0.3 is 0 Å². The molecule has 1 unspecified atom stereocenters. The second-order valence-electron chi connectivity index (χ2n) is 8.78. The Bertz CT molecular complexity index is 1230. The summed E-state index contributed by atoms with van der Waals surface area (Å²) in [4.78, 5) is 6.06. The molecule has 0 aromatic heterocycles. The Kier molecular flexibility index (Phi) is 7.69. The Morgan fingerprint density at radius 3 is 2.11 bits per heavy atom. The summed E-state index contributed by atoms with van der Waals surface area (Å²) >= 11 is 0. The van der Waals surface area contributed by atoms with Gasteiger partial charge < -0.3 is 9.80 Å². The normalized spacial score (nSPS) is 15.7. The van der Waals surface area contributed by atoms with E-state index in [2.05, 4.69) is 14.5 Å². The van der Waals surface area contributed by atoms with Gasteiger partial charge in [0.15, 0.2) is 0 Å². The van der Waals surface area contributed by atoms with Gasteiger partial charge in [-0.2, -0.15) is 0 Å². The van der Waals surface area contributed by atoms with Crippen molar-refractivity contribution in [1.29, 1.82) is 0 Å². The third kappa shape index (κ3) is 5.98. The highest BCUT2D eigenvalue weighted by atomic mass is 32.2. The maximum atomic E-state index is 14.2. The van der Waals surface area contributed by atoms with Crippen molar-refractivity contribution in [2.24, 2.45) is 0 Å². The molecular formula is C26H30F2N4O2S. The van der Waals surface area contributed by atoms with Crippen molar-refractivity contribution in [3.63, 3.8) is 0 Å². The quantitative estimate of drug-likeness (QED) is 0.509. The zero-order valence-electron chi connectivity index (χ0n) is 19.9. The molecule has 6 nitrogen and oxygen atoms in total. The van der Waals surface area contributed by atoms with Crippen LogP contribution in [0.15, 0.2) is 77.7 Å². The predicted molar refractivity (Wildman–Crippen MR) is 135 cm³/mol. The van der Waals surface area contributed by atoms with Crippen molar-refractivity contribution in [3.8, 4) is 0 Å². The molecular weight excluding hydrogens is 470 g/mol. The van der Waals surface area contributed by atoms with E-state index in [1.165, 1.54) is 30.3 Å². The third-order valence-corrected chi connectivity index (χ3v) is 7.79. The van der Waals surface area contributed by atoms with Gasteiger partial charge in [-0.05, 0) is 54.1 Å². The highest BCUT2D eigenvalue weighted by molar-refractivity contribution is 7.89. The van der Waals surface area contributed by atoms with Crippen LogP contribution in [0.3, 0.4) is 0 Å². The summed E-state index contributed by atoms with van der Waals surface area (Å²) in [7, 11) is -0.0939. The molecule has 1 atom stereocenters. The number of hydrogen-bond acceptors (Lipinski definition) is 5. The van der Waals surface area contributed by atoms with Gasteiger partial charge in [-0.15, -0.1) is 0 Å². The van der Waals surface area contributed by atoms with Crippen LogP contribution in [0.2, 0.25) is 0 Å². The first-order valence-electron chi connectivity index (χ1n) is 11.5. The molecule has 1 N–H and O–H groups in total. The standard InChI is InChI=1S/C26H30F2N4O2S/c1-30(2)22-11-7-20(8-12-22)25(19-29-35(33,34)26-6-4-3-5-24(26)28)32-17-15-31(16-18-32)23-13-9-21(27)10-14-23/h3-14,25,29H,15-19H2,1-2H3. The first kappa shape index (κ1) is 25.1.